The summed E-state index contributed by atoms with van der Waals surface area (Å²) in [6, 6.07) is 13.9. The van der Waals surface area contributed by atoms with E-state index in [1.807, 2.05) is 6.92 Å². The number of halogens is 1. The molecule has 15 heteroatoms. The second kappa shape index (κ2) is 18.5. The summed E-state index contributed by atoms with van der Waals surface area (Å²) < 4.78 is 33.3. The highest BCUT2D eigenvalue weighted by Crippen LogP contribution is 2.37. The second-order valence-electron chi connectivity index (χ2n) is 10.9. The maximum absolute atomic E-state index is 12.5. The summed E-state index contributed by atoms with van der Waals surface area (Å²) in [7, 11) is 1.26. The molecule has 0 aromatic heterocycles. The van der Waals surface area contributed by atoms with Crippen molar-refractivity contribution in [2.45, 2.75) is 46.6 Å². The van der Waals surface area contributed by atoms with Crippen molar-refractivity contribution >= 4 is 35.8 Å². The highest BCUT2D eigenvalue weighted by molar-refractivity contribution is 6.32. The Hall–Kier alpha value is -5.47. The molecule has 4 rings (SSSR count). The van der Waals surface area contributed by atoms with Crippen molar-refractivity contribution in [3.8, 4) is 23.0 Å². The highest BCUT2D eigenvalue weighted by Gasteiger charge is 2.32. The van der Waals surface area contributed by atoms with Crippen LogP contribution in [0.4, 0.5) is 4.79 Å². The number of esters is 2. The number of carbonyl (C=O) groups is 3. The average Bonchev–Trinajstić information content (AvgIpc) is 3.10. The van der Waals surface area contributed by atoms with E-state index in [0.29, 0.717) is 65.2 Å². The lowest BCUT2D eigenvalue weighted by atomic mass is 9.95. The van der Waals surface area contributed by atoms with Gasteiger partial charge >= 0.3 is 18.0 Å². The van der Waals surface area contributed by atoms with Crippen LogP contribution < -0.4 is 35.0 Å². The smallest absolute Gasteiger partial charge is 0.338 e. The number of carbonyl (C=O) groups excluding carboxylic acids is 3. The van der Waals surface area contributed by atoms with Crippen LogP contribution in [0.5, 0.6) is 23.0 Å². The maximum Gasteiger partial charge on any atom is 0.338 e. The largest absolute Gasteiger partial charge is 0.490 e. The van der Waals surface area contributed by atoms with Crippen molar-refractivity contribution in [2.75, 3.05) is 33.5 Å². The first-order chi connectivity index (χ1) is 24.6. The van der Waals surface area contributed by atoms with Crippen molar-refractivity contribution in [2.24, 2.45) is 5.10 Å². The van der Waals surface area contributed by atoms with E-state index in [4.69, 9.17) is 40.0 Å². The van der Waals surface area contributed by atoms with Crippen LogP contribution in [0.3, 0.4) is 0 Å². The molecule has 3 aromatic carbocycles. The fourth-order valence-electron chi connectivity index (χ4n) is 4.99. The molecule has 0 aliphatic carbocycles. The SMILES string of the molecule is CCOC(=O)c1ccc(COc2c(Cl)cc(/C=N/N[C@@H](O)COc3ccc([C@@H]4NC(=O)NC(C)=C4C(=O)OC)cc3OCC)cc2OCC)cc1. The monoisotopic (exact) mass is 724 g/mol. The van der Waals surface area contributed by atoms with Gasteiger partial charge in [0.05, 0.1) is 55.3 Å². The number of nitrogens with one attached hydrogen (secondary N) is 3. The van der Waals surface area contributed by atoms with Crippen molar-refractivity contribution in [3.63, 3.8) is 0 Å². The third-order valence-electron chi connectivity index (χ3n) is 7.29. The van der Waals surface area contributed by atoms with Crippen LogP contribution >= 0.6 is 11.6 Å². The molecule has 0 spiro atoms. The van der Waals surface area contributed by atoms with Gasteiger partial charge in [0.25, 0.3) is 0 Å². The molecule has 1 aliphatic heterocycles. The zero-order valence-electron chi connectivity index (χ0n) is 28.9. The van der Waals surface area contributed by atoms with Crippen LogP contribution in [0.2, 0.25) is 5.02 Å². The topological polar surface area (TPSA) is 175 Å². The molecule has 3 aromatic rings. The quantitative estimate of drug-likeness (QED) is 0.0637. The van der Waals surface area contributed by atoms with Crippen molar-refractivity contribution < 1.29 is 47.9 Å². The molecule has 0 bridgehead atoms. The minimum atomic E-state index is -1.21. The number of rotatable bonds is 17. The molecule has 2 amide bonds. The van der Waals surface area contributed by atoms with Crippen LogP contribution in [0, 0.1) is 0 Å². The Morgan fingerprint density at radius 1 is 0.941 bits per heavy atom. The summed E-state index contributed by atoms with van der Waals surface area (Å²) in [5.41, 5.74) is 5.63. The van der Waals surface area contributed by atoms with Gasteiger partial charge in [0.15, 0.2) is 29.2 Å². The Morgan fingerprint density at radius 3 is 2.35 bits per heavy atom. The maximum atomic E-state index is 12.5. The van der Waals surface area contributed by atoms with Gasteiger partial charge in [0.2, 0.25) is 0 Å². The first-order valence-electron chi connectivity index (χ1n) is 16.2. The van der Waals surface area contributed by atoms with Crippen molar-refractivity contribution in [1.29, 1.82) is 0 Å². The molecule has 0 radical (unpaired) electrons. The summed E-state index contributed by atoms with van der Waals surface area (Å²) in [5.74, 6) is 0.432. The summed E-state index contributed by atoms with van der Waals surface area (Å²) in [5, 5.41) is 20.3. The second-order valence-corrected chi connectivity index (χ2v) is 11.3. The number of hydrazone groups is 1. The van der Waals surface area contributed by atoms with E-state index < -0.39 is 30.2 Å². The van der Waals surface area contributed by atoms with Gasteiger partial charge in [-0.1, -0.05) is 29.8 Å². The Labute approximate surface area is 300 Å². The van der Waals surface area contributed by atoms with E-state index in [0.717, 1.165) is 5.56 Å². The van der Waals surface area contributed by atoms with Gasteiger partial charge in [-0.2, -0.15) is 5.10 Å². The zero-order chi connectivity index (χ0) is 36.9. The van der Waals surface area contributed by atoms with E-state index in [-0.39, 0.29) is 23.8 Å². The molecule has 0 unspecified atom stereocenters. The minimum absolute atomic E-state index is 0.178. The van der Waals surface area contributed by atoms with E-state index in [1.54, 1.807) is 75.4 Å². The number of urea groups is 1. The third kappa shape index (κ3) is 10.3. The molecule has 0 fully saturated rings. The molecule has 272 valence electrons. The molecular weight excluding hydrogens is 684 g/mol. The van der Waals surface area contributed by atoms with Gasteiger partial charge in [-0.25, -0.2) is 14.4 Å². The minimum Gasteiger partial charge on any atom is -0.490 e. The van der Waals surface area contributed by atoms with E-state index in [1.165, 1.54) is 13.3 Å². The Morgan fingerprint density at radius 2 is 1.67 bits per heavy atom. The standard InChI is InChI=1S/C36H41ClN4O10/c1-6-47-28-17-25(32-31(35(44)46-5)21(4)39-36(45)40-32)13-14-27(28)50-20-30(42)41-38-18-23-15-26(37)33(29(16-23)48-7-2)51-19-22-9-11-24(12-10-22)34(43)49-8-3/h9-18,30,32,41-42H,6-8,19-20H2,1-5H3,(H2,39,40,45)/b38-18+/t30-,32-/m0/s1. The number of amides is 2. The summed E-state index contributed by atoms with van der Waals surface area (Å²) in [6.45, 7) is 7.93. The molecular formula is C36H41ClN4O10. The molecule has 4 N–H and O–H groups in total. The number of allylic oxidation sites excluding steroid dienone is 1. The first-order valence-corrected chi connectivity index (χ1v) is 16.5. The van der Waals surface area contributed by atoms with E-state index in [2.05, 4.69) is 21.2 Å². The third-order valence-corrected chi connectivity index (χ3v) is 7.57. The number of aliphatic hydroxyl groups excluding tert-OH is 1. The number of aliphatic hydroxyl groups is 1. The number of methoxy groups -OCH3 is 1. The van der Waals surface area contributed by atoms with Gasteiger partial charge in [-0.05, 0) is 80.8 Å². The van der Waals surface area contributed by atoms with Crippen LogP contribution in [0.1, 0.15) is 60.8 Å². The predicted octanol–water partition coefficient (Wildman–Crippen LogP) is 5.01. The molecule has 1 heterocycles. The fraction of sp³-hybridized carbons (Fsp3) is 0.333. The van der Waals surface area contributed by atoms with Crippen molar-refractivity contribution in [3.05, 3.63) is 93.1 Å². The molecule has 0 saturated carbocycles. The Balaban J connectivity index is 1.38. The summed E-state index contributed by atoms with van der Waals surface area (Å²) >= 11 is 6.56. The van der Waals surface area contributed by atoms with Gasteiger partial charge in [-0.15, -0.1) is 0 Å². The van der Waals surface area contributed by atoms with Crippen LogP contribution in [-0.2, 0) is 20.9 Å². The number of ether oxygens (including phenoxy) is 6. The molecule has 51 heavy (non-hydrogen) atoms. The number of benzene rings is 3. The lowest BCUT2D eigenvalue weighted by Crippen LogP contribution is -2.45. The molecule has 0 saturated heterocycles. The number of hydrogen-bond acceptors (Lipinski definition) is 12. The first kappa shape index (κ1) is 38.3. The Bertz CT molecular complexity index is 1760. The summed E-state index contributed by atoms with van der Waals surface area (Å²) in [4.78, 5) is 36.6. The van der Waals surface area contributed by atoms with Gasteiger partial charge < -0.3 is 44.2 Å². The average molecular weight is 725 g/mol. The van der Waals surface area contributed by atoms with Gasteiger partial charge in [0.1, 0.15) is 13.2 Å². The number of hydrogen-bond donors (Lipinski definition) is 4. The fourth-order valence-corrected chi connectivity index (χ4v) is 5.27. The highest BCUT2D eigenvalue weighted by atomic mass is 35.5. The summed E-state index contributed by atoms with van der Waals surface area (Å²) in [6.07, 6.45) is 0.243. The van der Waals surface area contributed by atoms with Crippen LogP contribution in [-0.4, -0.2) is 69.1 Å². The van der Waals surface area contributed by atoms with Gasteiger partial charge in [0, 0.05) is 5.70 Å². The lowest BCUT2D eigenvalue weighted by molar-refractivity contribution is -0.136. The van der Waals surface area contributed by atoms with Gasteiger partial charge in [-0.3, -0.25) is 5.43 Å². The molecule has 2 atom stereocenters. The molecule has 14 nitrogen and oxygen atoms in total. The van der Waals surface area contributed by atoms with Crippen LogP contribution in [0.15, 0.2) is 71.0 Å². The van der Waals surface area contributed by atoms with E-state index >= 15 is 0 Å². The van der Waals surface area contributed by atoms with Crippen LogP contribution in [0.25, 0.3) is 0 Å². The normalized spacial score (nSPS) is 14.6. The lowest BCUT2D eigenvalue weighted by Gasteiger charge is -2.28. The molecule has 1 aliphatic rings. The number of nitrogens with zero attached hydrogens (tertiary/aromatic N) is 1. The zero-order valence-corrected chi connectivity index (χ0v) is 29.7. The Kier molecular flexibility index (Phi) is 13.9. The van der Waals surface area contributed by atoms with E-state index in [9.17, 15) is 19.5 Å². The van der Waals surface area contributed by atoms with Crippen molar-refractivity contribution in [1.82, 2.24) is 16.1 Å². The predicted molar refractivity (Wildman–Crippen MR) is 188 cm³/mol.